The van der Waals surface area contributed by atoms with Crippen molar-refractivity contribution in [1.82, 2.24) is 15.5 Å². The third-order valence-electron chi connectivity index (χ3n) is 3.27. The van der Waals surface area contributed by atoms with Gasteiger partial charge in [-0.1, -0.05) is 12.1 Å². The summed E-state index contributed by atoms with van der Waals surface area (Å²) in [6.07, 6.45) is 1.33. The lowest BCUT2D eigenvalue weighted by atomic mass is 10.1. The minimum absolute atomic E-state index is 0.148. The van der Waals surface area contributed by atoms with Crippen molar-refractivity contribution in [2.24, 2.45) is 0 Å². The molecule has 0 saturated carbocycles. The van der Waals surface area contributed by atoms with Gasteiger partial charge in [0, 0.05) is 12.1 Å². The Balaban J connectivity index is 2.04. The van der Waals surface area contributed by atoms with Crippen LogP contribution in [0.5, 0.6) is 0 Å². The Morgan fingerprint density at radius 1 is 1.25 bits per heavy atom. The average molecular weight is 333 g/mol. The minimum atomic E-state index is -0.759. The Morgan fingerprint density at radius 3 is 2.54 bits per heavy atom. The highest BCUT2D eigenvalue weighted by atomic mass is 19.1. The van der Waals surface area contributed by atoms with E-state index in [0.717, 1.165) is 4.90 Å². The number of nitrogens with one attached hydrogen (secondary N) is 2. The molecule has 0 aromatic heterocycles. The van der Waals surface area contributed by atoms with Crippen LogP contribution in [0.1, 0.15) is 18.9 Å². The maximum absolute atomic E-state index is 12.9. The van der Waals surface area contributed by atoms with Crippen molar-refractivity contribution in [1.29, 1.82) is 0 Å². The van der Waals surface area contributed by atoms with Crippen LogP contribution >= 0.6 is 0 Å². The molecule has 24 heavy (non-hydrogen) atoms. The van der Waals surface area contributed by atoms with E-state index in [-0.39, 0.29) is 12.0 Å². The molecule has 1 aromatic carbocycles. The van der Waals surface area contributed by atoms with E-state index < -0.39 is 36.1 Å². The van der Waals surface area contributed by atoms with Crippen molar-refractivity contribution in [3.63, 3.8) is 0 Å². The molecule has 0 spiro atoms. The number of carbonyl (C=O) groups excluding carboxylic acids is 4. The molecule has 1 aromatic rings. The lowest BCUT2D eigenvalue weighted by Crippen LogP contribution is -2.45. The summed E-state index contributed by atoms with van der Waals surface area (Å²) >= 11 is 0. The largest absolute Gasteiger partial charge is 0.338 e. The van der Waals surface area contributed by atoms with E-state index in [1.165, 1.54) is 30.3 Å². The Hall–Kier alpha value is -3.03. The molecule has 1 aliphatic heterocycles. The van der Waals surface area contributed by atoms with Crippen molar-refractivity contribution in [2.75, 3.05) is 13.1 Å². The molecule has 126 valence electrons. The lowest BCUT2D eigenvalue weighted by molar-refractivity contribution is -0.141. The summed E-state index contributed by atoms with van der Waals surface area (Å²) in [6, 6.07) is 4.74. The number of imide groups is 2. The van der Waals surface area contributed by atoms with Crippen LogP contribution in [-0.2, 0) is 14.4 Å². The predicted octanol–water partition coefficient (Wildman–Crippen LogP) is 0.814. The van der Waals surface area contributed by atoms with Gasteiger partial charge in [-0.15, -0.1) is 0 Å². The van der Waals surface area contributed by atoms with Gasteiger partial charge in [-0.05, 0) is 30.7 Å². The number of halogens is 1. The van der Waals surface area contributed by atoms with Gasteiger partial charge in [-0.2, -0.15) is 0 Å². The van der Waals surface area contributed by atoms with Gasteiger partial charge in [-0.3, -0.25) is 24.6 Å². The van der Waals surface area contributed by atoms with Crippen molar-refractivity contribution in [3.8, 4) is 0 Å². The maximum Gasteiger partial charge on any atom is 0.321 e. The zero-order valence-electron chi connectivity index (χ0n) is 13.0. The standard InChI is InChI=1S/C16H16FN3O4/c1-2-18-16(24)19-13(21)9-20-14(22)8-11(15(20)23)7-10-3-5-12(17)6-4-10/h3-7H,2,8-9H2,1H3,(H2,18,19,21,24). The van der Waals surface area contributed by atoms with Crippen molar-refractivity contribution in [2.45, 2.75) is 13.3 Å². The van der Waals surface area contributed by atoms with E-state index in [1.54, 1.807) is 6.92 Å². The van der Waals surface area contributed by atoms with Gasteiger partial charge >= 0.3 is 6.03 Å². The summed E-state index contributed by atoms with van der Waals surface area (Å²) in [6.45, 7) is 1.49. The van der Waals surface area contributed by atoms with Gasteiger partial charge in [0.15, 0.2) is 0 Å². The highest BCUT2D eigenvalue weighted by Crippen LogP contribution is 2.21. The van der Waals surface area contributed by atoms with Crippen LogP contribution in [-0.4, -0.2) is 41.7 Å². The van der Waals surface area contributed by atoms with Crippen molar-refractivity contribution in [3.05, 3.63) is 41.2 Å². The summed E-state index contributed by atoms with van der Waals surface area (Å²) in [5.74, 6) is -2.30. The summed E-state index contributed by atoms with van der Waals surface area (Å²) in [7, 11) is 0. The van der Waals surface area contributed by atoms with Crippen molar-refractivity contribution >= 4 is 29.8 Å². The fourth-order valence-corrected chi connectivity index (χ4v) is 2.17. The summed E-state index contributed by atoms with van der Waals surface area (Å²) in [5.41, 5.74) is 0.776. The smallest absolute Gasteiger partial charge is 0.321 e. The first-order chi connectivity index (χ1) is 11.4. The van der Waals surface area contributed by atoms with Gasteiger partial charge in [0.1, 0.15) is 12.4 Å². The number of hydrogen-bond acceptors (Lipinski definition) is 4. The molecule has 7 nitrogen and oxygen atoms in total. The van der Waals surface area contributed by atoms with Gasteiger partial charge in [-0.25, -0.2) is 9.18 Å². The molecule has 5 amide bonds. The predicted molar refractivity (Wildman–Crippen MR) is 82.9 cm³/mol. The second-order valence-corrected chi connectivity index (χ2v) is 5.09. The number of hydrogen-bond donors (Lipinski definition) is 2. The van der Waals surface area contributed by atoms with Crippen LogP contribution in [0.25, 0.3) is 6.08 Å². The number of rotatable bonds is 4. The van der Waals surface area contributed by atoms with Crippen LogP contribution in [0.15, 0.2) is 29.8 Å². The molecule has 1 fully saturated rings. The van der Waals surface area contributed by atoms with Gasteiger partial charge < -0.3 is 5.32 Å². The Labute approximate surface area is 137 Å². The summed E-state index contributed by atoms with van der Waals surface area (Å²) in [5, 5.41) is 4.39. The molecule has 1 saturated heterocycles. The normalized spacial score (nSPS) is 15.8. The topological polar surface area (TPSA) is 95.6 Å². The number of carbonyl (C=O) groups is 4. The zero-order chi connectivity index (χ0) is 17.7. The van der Waals surface area contributed by atoms with E-state index >= 15 is 0 Å². The molecule has 1 heterocycles. The van der Waals surface area contributed by atoms with Gasteiger partial charge in [0.2, 0.25) is 11.8 Å². The third kappa shape index (κ3) is 4.25. The van der Waals surface area contributed by atoms with Crippen LogP contribution in [0.4, 0.5) is 9.18 Å². The highest BCUT2D eigenvalue weighted by molar-refractivity contribution is 6.17. The maximum atomic E-state index is 12.9. The molecule has 0 aliphatic carbocycles. The molecular weight excluding hydrogens is 317 g/mol. The first-order valence-corrected chi connectivity index (χ1v) is 7.29. The summed E-state index contributed by atoms with van der Waals surface area (Å²) in [4.78, 5) is 47.9. The highest BCUT2D eigenvalue weighted by Gasteiger charge is 2.35. The fourth-order valence-electron chi connectivity index (χ4n) is 2.17. The van der Waals surface area contributed by atoms with E-state index in [9.17, 15) is 23.6 Å². The van der Waals surface area contributed by atoms with E-state index in [1.807, 2.05) is 5.32 Å². The Bertz CT molecular complexity index is 713. The molecule has 0 atom stereocenters. The van der Waals surface area contributed by atoms with Crippen LogP contribution in [0.2, 0.25) is 0 Å². The number of likely N-dealkylation sites (tertiary alicyclic amines) is 1. The first-order valence-electron chi connectivity index (χ1n) is 7.29. The Morgan fingerprint density at radius 2 is 1.92 bits per heavy atom. The SMILES string of the molecule is CCNC(=O)NC(=O)CN1C(=O)CC(=Cc2ccc(F)cc2)C1=O. The fraction of sp³-hybridized carbons (Fsp3) is 0.250. The minimum Gasteiger partial charge on any atom is -0.338 e. The molecule has 2 rings (SSSR count). The Kier molecular flexibility index (Phi) is 5.41. The molecule has 8 heteroatoms. The average Bonchev–Trinajstić information content (AvgIpc) is 2.77. The first kappa shape index (κ1) is 17.3. The zero-order valence-corrected chi connectivity index (χ0v) is 13.0. The molecule has 0 unspecified atom stereocenters. The molecule has 0 bridgehead atoms. The second-order valence-electron chi connectivity index (χ2n) is 5.09. The summed E-state index contributed by atoms with van der Waals surface area (Å²) < 4.78 is 12.9. The van der Waals surface area contributed by atoms with Gasteiger partial charge in [0.25, 0.3) is 5.91 Å². The molecular formula is C16H16FN3O4. The third-order valence-corrected chi connectivity index (χ3v) is 3.27. The van der Waals surface area contributed by atoms with Crippen LogP contribution in [0.3, 0.4) is 0 Å². The van der Waals surface area contributed by atoms with Crippen LogP contribution in [0, 0.1) is 5.82 Å². The molecule has 1 aliphatic rings. The number of amides is 5. The quantitative estimate of drug-likeness (QED) is 0.630. The van der Waals surface area contributed by atoms with E-state index in [0.29, 0.717) is 12.1 Å². The second kappa shape index (κ2) is 7.49. The molecule has 2 N–H and O–H groups in total. The number of urea groups is 1. The van der Waals surface area contributed by atoms with Crippen molar-refractivity contribution < 1.29 is 23.6 Å². The molecule has 0 radical (unpaired) electrons. The van der Waals surface area contributed by atoms with Gasteiger partial charge in [0.05, 0.1) is 6.42 Å². The number of nitrogens with zero attached hydrogens (tertiary/aromatic N) is 1. The lowest BCUT2D eigenvalue weighted by Gasteiger charge is -2.12. The monoisotopic (exact) mass is 333 g/mol. The van der Waals surface area contributed by atoms with E-state index in [4.69, 9.17) is 0 Å². The van der Waals surface area contributed by atoms with Crippen LogP contribution < -0.4 is 10.6 Å². The van der Waals surface area contributed by atoms with E-state index in [2.05, 4.69) is 5.32 Å². The number of benzene rings is 1.